The lowest BCUT2D eigenvalue weighted by Crippen LogP contribution is -1.94. The Morgan fingerprint density at radius 2 is 2.42 bits per heavy atom. The highest BCUT2D eigenvalue weighted by Crippen LogP contribution is 2.10. The lowest BCUT2D eigenvalue weighted by Gasteiger charge is -1.94. The van der Waals surface area contributed by atoms with Gasteiger partial charge in [-0.05, 0) is 20.3 Å². The molecule has 0 bridgehead atoms. The van der Waals surface area contributed by atoms with Gasteiger partial charge in [-0.1, -0.05) is 5.92 Å². The highest BCUT2D eigenvalue weighted by molar-refractivity contribution is 14.2. The van der Waals surface area contributed by atoms with Gasteiger partial charge in [0, 0.05) is 33.0 Å². The third kappa shape index (κ3) is 2.53. The topological polar surface area (TPSA) is 38.9 Å². The lowest BCUT2D eigenvalue weighted by molar-refractivity contribution is 0.588. The molecule has 0 amide bonds. The Hall–Kier alpha value is -0.480. The van der Waals surface area contributed by atoms with Crippen molar-refractivity contribution in [1.29, 1.82) is 0 Å². The maximum atomic E-state index is 12.5. The van der Waals surface area contributed by atoms with Gasteiger partial charge in [0.15, 0.2) is 0 Å². The van der Waals surface area contributed by atoms with Crippen LogP contribution in [0.15, 0.2) is 12.3 Å². The molecular weight excluding hydrogens is 290 g/mol. The summed E-state index contributed by atoms with van der Waals surface area (Å²) < 4.78 is 12.5. The van der Waals surface area contributed by atoms with E-state index in [0.29, 0.717) is 5.56 Å². The summed E-state index contributed by atoms with van der Waals surface area (Å²) in [5.74, 6) is 2.11. The van der Waals surface area contributed by atoms with Crippen LogP contribution in [0.5, 0.6) is 0 Å². The average Bonchev–Trinajstić information content (AvgIpc) is 2.07. The van der Waals surface area contributed by atoms with Gasteiger partial charge in [-0.2, -0.15) is 4.39 Å². The molecule has 0 aliphatic heterocycles. The fraction of sp³-hybridized carbons (Fsp3) is 0. The monoisotopic (exact) mass is 294 g/mol. The average molecular weight is 294 g/mol. The van der Waals surface area contributed by atoms with Crippen LogP contribution in [0, 0.1) is 17.1 Å². The minimum atomic E-state index is -0.650. The molecule has 0 fully saturated rings. The minimum absolute atomic E-state index is 0.0280. The Balaban J connectivity index is 2.97. The largest absolute Gasteiger partial charge is 0.395 e. The third-order valence-electron chi connectivity index (χ3n) is 1.10. The molecule has 0 aliphatic rings. The number of pyridine rings is 1. The van der Waals surface area contributed by atoms with E-state index in [1.807, 2.05) is 21.2 Å². The van der Waals surface area contributed by atoms with Crippen LogP contribution in [0.2, 0.25) is 0 Å². The Morgan fingerprint density at radius 1 is 1.67 bits per heavy atom. The van der Waals surface area contributed by atoms with Crippen LogP contribution in [0.1, 0.15) is 5.56 Å². The van der Waals surface area contributed by atoms with E-state index >= 15 is 0 Å². The molecule has 0 saturated heterocycles. The molecule has 0 spiro atoms. The minimum Gasteiger partial charge on any atom is -0.395 e. The van der Waals surface area contributed by atoms with Gasteiger partial charge in [0.1, 0.15) is 0 Å². The Labute approximate surface area is 85.7 Å². The normalized spacial score (nSPS) is 8.83. The highest BCUT2D eigenvalue weighted by atomic mass is 127. The molecule has 1 aromatic rings. The first-order chi connectivity index (χ1) is 5.74. The molecule has 1 rings (SSSR count). The van der Waals surface area contributed by atoms with Crippen LogP contribution in [0.4, 0.5) is 10.1 Å². The molecular formula is C7H4FIN2S. The van der Waals surface area contributed by atoms with Crippen LogP contribution < -0.4 is 5.73 Å². The number of nitrogens with zero attached hydrogens (tertiary/aromatic N) is 1. The highest BCUT2D eigenvalue weighted by Gasteiger charge is 1.97. The molecule has 62 valence electrons. The van der Waals surface area contributed by atoms with Gasteiger partial charge in [0.05, 0.1) is 5.69 Å². The summed E-state index contributed by atoms with van der Waals surface area (Å²) in [6, 6.07) is 1.46. The SMILES string of the molecule is Nc1cc(C#CSI)cnc1F. The summed E-state index contributed by atoms with van der Waals surface area (Å²) in [7, 11) is 1.35. The summed E-state index contributed by atoms with van der Waals surface area (Å²) in [5, 5.41) is 2.75. The van der Waals surface area contributed by atoms with Crippen LogP contribution in [-0.4, -0.2) is 4.98 Å². The van der Waals surface area contributed by atoms with E-state index in [4.69, 9.17) is 5.73 Å². The van der Waals surface area contributed by atoms with Gasteiger partial charge in [-0.25, -0.2) is 4.98 Å². The number of halogens is 2. The molecule has 5 heteroatoms. The van der Waals surface area contributed by atoms with E-state index in [2.05, 4.69) is 16.2 Å². The fourth-order valence-electron chi connectivity index (χ4n) is 0.612. The van der Waals surface area contributed by atoms with Gasteiger partial charge < -0.3 is 5.73 Å². The van der Waals surface area contributed by atoms with E-state index in [9.17, 15) is 4.39 Å². The van der Waals surface area contributed by atoms with Crippen LogP contribution in [0.25, 0.3) is 0 Å². The molecule has 0 unspecified atom stereocenters. The van der Waals surface area contributed by atoms with Gasteiger partial charge in [-0.15, -0.1) is 0 Å². The molecule has 2 nitrogen and oxygen atoms in total. The first kappa shape index (κ1) is 9.61. The third-order valence-corrected chi connectivity index (χ3v) is 1.94. The molecule has 0 aromatic carbocycles. The van der Waals surface area contributed by atoms with Crippen molar-refractivity contribution in [2.75, 3.05) is 5.73 Å². The Morgan fingerprint density at radius 3 is 3.00 bits per heavy atom. The lowest BCUT2D eigenvalue weighted by atomic mass is 10.3. The molecule has 0 saturated carbocycles. The van der Waals surface area contributed by atoms with Crippen molar-refractivity contribution in [3.8, 4) is 11.2 Å². The molecule has 0 aliphatic carbocycles. The smallest absolute Gasteiger partial charge is 0.236 e. The summed E-state index contributed by atoms with van der Waals surface area (Å²) in [4.78, 5) is 3.43. The zero-order chi connectivity index (χ0) is 8.97. The number of anilines is 1. The Bertz CT molecular complexity index is 345. The number of hydrogen-bond donors (Lipinski definition) is 1. The maximum Gasteiger partial charge on any atom is 0.236 e. The van der Waals surface area contributed by atoms with Crippen molar-refractivity contribution >= 4 is 35.8 Å². The van der Waals surface area contributed by atoms with Crippen molar-refractivity contribution in [3.63, 3.8) is 0 Å². The van der Waals surface area contributed by atoms with Gasteiger partial charge >= 0.3 is 0 Å². The number of aromatic nitrogens is 1. The fourth-order valence-corrected chi connectivity index (χ4v) is 1.10. The van der Waals surface area contributed by atoms with Crippen molar-refractivity contribution in [2.24, 2.45) is 0 Å². The van der Waals surface area contributed by atoms with E-state index in [1.165, 1.54) is 21.2 Å². The first-order valence-corrected chi connectivity index (χ1v) is 6.29. The zero-order valence-corrected chi connectivity index (χ0v) is 8.82. The Kier molecular flexibility index (Phi) is 3.62. The summed E-state index contributed by atoms with van der Waals surface area (Å²) in [6.07, 6.45) is 1.35. The van der Waals surface area contributed by atoms with Gasteiger partial charge in [0.25, 0.3) is 0 Å². The molecule has 1 aromatic heterocycles. The standard InChI is InChI=1S/C7H4FIN2S/c8-7-6(10)3-5(4-11-7)1-2-12-9/h3-4H,10H2. The van der Waals surface area contributed by atoms with Crippen LogP contribution >= 0.6 is 30.1 Å². The molecule has 0 atom stereocenters. The second-order valence-corrected chi connectivity index (χ2v) is 3.59. The maximum absolute atomic E-state index is 12.5. The van der Waals surface area contributed by atoms with Crippen molar-refractivity contribution in [1.82, 2.24) is 4.98 Å². The summed E-state index contributed by atoms with van der Waals surface area (Å²) >= 11 is 2.05. The molecule has 2 N–H and O–H groups in total. The van der Waals surface area contributed by atoms with Crippen LogP contribution in [0.3, 0.4) is 0 Å². The zero-order valence-electron chi connectivity index (χ0n) is 5.84. The van der Waals surface area contributed by atoms with Gasteiger partial charge in [-0.3, -0.25) is 0 Å². The van der Waals surface area contributed by atoms with E-state index < -0.39 is 5.95 Å². The predicted molar refractivity (Wildman–Crippen MR) is 57.1 cm³/mol. The number of hydrogen-bond acceptors (Lipinski definition) is 3. The second-order valence-electron chi connectivity index (χ2n) is 1.91. The quantitative estimate of drug-likeness (QED) is 0.453. The number of nitrogen functional groups attached to an aromatic ring is 1. The van der Waals surface area contributed by atoms with E-state index in [-0.39, 0.29) is 5.69 Å². The van der Waals surface area contributed by atoms with Crippen LogP contribution in [-0.2, 0) is 0 Å². The van der Waals surface area contributed by atoms with Crippen molar-refractivity contribution in [3.05, 3.63) is 23.8 Å². The molecule has 12 heavy (non-hydrogen) atoms. The number of rotatable bonds is 0. The van der Waals surface area contributed by atoms with E-state index in [1.54, 1.807) is 0 Å². The van der Waals surface area contributed by atoms with E-state index in [0.717, 1.165) is 0 Å². The number of nitrogens with two attached hydrogens (primary N) is 1. The molecule has 0 radical (unpaired) electrons. The van der Waals surface area contributed by atoms with Crippen molar-refractivity contribution < 1.29 is 4.39 Å². The first-order valence-electron chi connectivity index (χ1n) is 2.93. The van der Waals surface area contributed by atoms with Crippen molar-refractivity contribution in [2.45, 2.75) is 0 Å². The summed E-state index contributed by atoms with van der Waals surface area (Å²) in [6.45, 7) is 0. The predicted octanol–water partition coefficient (Wildman–Crippen LogP) is 2.20. The summed E-state index contributed by atoms with van der Waals surface area (Å²) in [5.41, 5.74) is 5.93. The molecule has 1 heterocycles. The second kappa shape index (κ2) is 4.52. The van der Waals surface area contributed by atoms with Gasteiger partial charge in [0.2, 0.25) is 5.95 Å².